The van der Waals surface area contributed by atoms with Gasteiger partial charge in [-0.15, -0.1) is 0 Å². The van der Waals surface area contributed by atoms with Crippen LogP contribution in [0.3, 0.4) is 0 Å². The maximum Gasteiger partial charge on any atom is 0.142 e. The molecule has 0 aliphatic carbocycles. The third-order valence-corrected chi connectivity index (χ3v) is 4.74. The minimum atomic E-state index is 0.931. The van der Waals surface area contributed by atoms with Crippen LogP contribution in [0.15, 0.2) is 48.5 Å². The molecule has 1 aromatic heterocycles. The predicted molar refractivity (Wildman–Crippen MR) is 90.7 cm³/mol. The van der Waals surface area contributed by atoms with Gasteiger partial charge in [0.25, 0.3) is 0 Å². The molecule has 1 aliphatic rings. The number of fused-ring (bicyclic) bond motifs is 3. The van der Waals surface area contributed by atoms with Gasteiger partial charge < -0.3 is 14.2 Å². The molecule has 4 rings (SSSR count). The molecule has 22 heavy (non-hydrogen) atoms. The topological polar surface area (TPSA) is 17.4 Å². The highest BCUT2D eigenvalue weighted by Gasteiger charge is 2.24. The van der Waals surface area contributed by atoms with Crippen molar-refractivity contribution in [2.45, 2.75) is 13.0 Å². The van der Waals surface area contributed by atoms with Crippen LogP contribution >= 0.6 is 0 Å². The van der Waals surface area contributed by atoms with Crippen molar-refractivity contribution in [2.75, 3.05) is 18.6 Å². The second kappa shape index (κ2) is 5.09. The molecule has 2 aromatic carbocycles. The highest BCUT2D eigenvalue weighted by Crippen LogP contribution is 2.35. The minimum Gasteiger partial charge on any atom is -0.495 e. The zero-order valence-corrected chi connectivity index (χ0v) is 13.0. The Morgan fingerprint density at radius 2 is 1.77 bits per heavy atom. The molecule has 0 radical (unpaired) electrons. The highest BCUT2D eigenvalue weighted by atomic mass is 16.5. The number of rotatable bonds is 2. The summed E-state index contributed by atoms with van der Waals surface area (Å²) in [5.41, 5.74) is 5.43. The molecule has 0 amide bonds. The van der Waals surface area contributed by atoms with Crippen molar-refractivity contribution in [1.29, 1.82) is 0 Å². The summed E-state index contributed by atoms with van der Waals surface area (Å²) in [7, 11) is 3.91. The first-order valence-electron chi connectivity index (χ1n) is 7.72. The number of hydrogen-bond donors (Lipinski definition) is 0. The number of benzene rings is 2. The third-order valence-electron chi connectivity index (χ3n) is 4.74. The molecule has 3 aromatic rings. The largest absolute Gasteiger partial charge is 0.495 e. The molecule has 112 valence electrons. The van der Waals surface area contributed by atoms with E-state index >= 15 is 0 Å². The molecule has 0 fully saturated rings. The fourth-order valence-corrected chi connectivity index (χ4v) is 3.61. The van der Waals surface area contributed by atoms with E-state index in [1.165, 1.54) is 27.8 Å². The lowest BCUT2D eigenvalue weighted by Crippen LogP contribution is -2.31. The van der Waals surface area contributed by atoms with E-state index in [0.717, 1.165) is 25.3 Å². The number of methoxy groups -OCH3 is 1. The lowest BCUT2D eigenvalue weighted by molar-refractivity contribution is 0.413. The van der Waals surface area contributed by atoms with Crippen molar-refractivity contribution in [3.63, 3.8) is 0 Å². The Morgan fingerprint density at radius 3 is 2.64 bits per heavy atom. The summed E-state index contributed by atoms with van der Waals surface area (Å²) in [5.74, 6) is 0.949. The van der Waals surface area contributed by atoms with Gasteiger partial charge in [0.1, 0.15) is 5.75 Å². The zero-order chi connectivity index (χ0) is 15.1. The average molecular weight is 292 g/mol. The Hall–Kier alpha value is -2.42. The van der Waals surface area contributed by atoms with Crippen molar-refractivity contribution in [1.82, 2.24) is 4.57 Å². The standard InChI is InChI=1S/C19H20N2O/c1-20-16-8-4-3-7-14(16)15-11-12-21(13-18(15)20)17-9-5-6-10-19(17)22-2/h3-10H,11-13H2,1-2H3. The van der Waals surface area contributed by atoms with Crippen LogP contribution in [0.25, 0.3) is 10.9 Å². The first-order chi connectivity index (χ1) is 10.8. The van der Waals surface area contributed by atoms with Gasteiger partial charge in [0.05, 0.1) is 19.3 Å². The van der Waals surface area contributed by atoms with Crippen molar-refractivity contribution in [3.8, 4) is 5.75 Å². The number of anilines is 1. The van der Waals surface area contributed by atoms with Crippen molar-refractivity contribution in [3.05, 3.63) is 59.8 Å². The van der Waals surface area contributed by atoms with Gasteiger partial charge in [-0.1, -0.05) is 30.3 Å². The van der Waals surface area contributed by atoms with E-state index in [4.69, 9.17) is 4.74 Å². The second-order valence-electron chi connectivity index (χ2n) is 5.84. The lowest BCUT2D eigenvalue weighted by atomic mass is 10.0. The molecular formula is C19H20N2O. The molecule has 0 spiro atoms. The minimum absolute atomic E-state index is 0.931. The van der Waals surface area contributed by atoms with Gasteiger partial charge in [0, 0.05) is 30.2 Å². The van der Waals surface area contributed by atoms with E-state index in [9.17, 15) is 0 Å². The molecule has 0 bridgehead atoms. The summed E-state index contributed by atoms with van der Waals surface area (Å²) in [5, 5.41) is 1.40. The predicted octanol–water partition coefficient (Wildman–Crippen LogP) is 3.75. The molecule has 1 aliphatic heterocycles. The summed E-state index contributed by atoms with van der Waals surface area (Å²) < 4.78 is 7.87. The van der Waals surface area contributed by atoms with Crippen LogP contribution in [-0.4, -0.2) is 18.2 Å². The number of para-hydroxylation sites is 3. The van der Waals surface area contributed by atoms with Crippen LogP contribution in [-0.2, 0) is 20.0 Å². The van der Waals surface area contributed by atoms with Gasteiger partial charge in [-0.3, -0.25) is 0 Å². The number of aryl methyl sites for hydroxylation is 1. The molecule has 0 atom stereocenters. The van der Waals surface area contributed by atoms with E-state index in [0.29, 0.717) is 0 Å². The van der Waals surface area contributed by atoms with E-state index in [1.807, 2.05) is 12.1 Å². The smallest absolute Gasteiger partial charge is 0.142 e. The molecular weight excluding hydrogens is 272 g/mol. The van der Waals surface area contributed by atoms with Crippen molar-refractivity contribution >= 4 is 16.6 Å². The fraction of sp³-hybridized carbons (Fsp3) is 0.263. The first-order valence-corrected chi connectivity index (χ1v) is 7.72. The van der Waals surface area contributed by atoms with Crippen LogP contribution in [0, 0.1) is 0 Å². The third kappa shape index (κ3) is 1.89. The van der Waals surface area contributed by atoms with Gasteiger partial charge in [-0.2, -0.15) is 0 Å². The summed E-state index contributed by atoms with van der Waals surface area (Å²) in [6.07, 6.45) is 1.08. The zero-order valence-electron chi connectivity index (χ0n) is 13.0. The average Bonchev–Trinajstić information content (AvgIpc) is 2.88. The summed E-state index contributed by atoms with van der Waals surface area (Å²) in [6, 6.07) is 17.0. The van der Waals surface area contributed by atoms with Gasteiger partial charge in [-0.05, 0) is 30.2 Å². The SMILES string of the molecule is COc1ccccc1N1CCc2c(n(C)c3ccccc23)C1. The van der Waals surface area contributed by atoms with Crippen LogP contribution < -0.4 is 9.64 Å². The van der Waals surface area contributed by atoms with Crippen LogP contribution in [0.4, 0.5) is 5.69 Å². The van der Waals surface area contributed by atoms with Crippen LogP contribution in [0.5, 0.6) is 5.75 Å². The molecule has 0 saturated heterocycles. The lowest BCUT2D eigenvalue weighted by Gasteiger charge is -2.31. The van der Waals surface area contributed by atoms with Crippen LogP contribution in [0.1, 0.15) is 11.3 Å². The summed E-state index contributed by atoms with van der Waals surface area (Å²) >= 11 is 0. The molecule has 0 unspecified atom stereocenters. The Morgan fingerprint density at radius 1 is 1.00 bits per heavy atom. The molecule has 0 saturated carbocycles. The number of aromatic nitrogens is 1. The van der Waals surface area contributed by atoms with Gasteiger partial charge >= 0.3 is 0 Å². The number of hydrogen-bond acceptors (Lipinski definition) is 2. The molecule has 3 heteroatoms. The molecule has 0 N–H and O–H groups in total. The maximum atomic E-state index is 5.53. The maximum absolute atomic E-state index is 5.53. The fourth-order valence-electron chi connectivity index (χ4n) is 3.61. The Bertz CT molecular complexity index is 835. The Kier molecular flexibility index (Phi) is 3.07. The van der Waals surface area contributed by atoms with Gasteiger partial charge in [0.2, 0.25) is 0 Å². The van der Waals surface area contributed by atoms with Gasteiger partial charge in [0.15, 0.2) is 0 Å². The summed E-state index contributed by atoms with van der Waals surface area (Å²) in [6.45, 7) is 1.96. The van der Waals surface area contributed by atoms with E-state index in [-0.39, 0.29) is 0 Å². The van der Waals surface area contributed by atoms with Crippen molar-refractivity contribution < 1.29 is 4.74 Å². The molecule has 2 heterocycles. The highest BCUT2D eigenvalue weighted by molar-refractivity contribution is 5.86. The quantitative estimate of drug-likeness (QED) is 0.715. The number of nitrogens with zero attached hydrogens (tertiary/aromatic N) is 2. The normalized spacial score (nSPS) is 14.2. The number of ether oxygens (including phenoxy) is 1. The molecule has 3 nitrogen and oxygen atoms in total. The van der Waals surface area contributed by atoms with E-state index < -0.39 is 0 Å². The van der Waals surface area contributed by atoms with Gasteiger partial charge in [-0.25, -0.2) is 0 Å². The second-order valence-corrected chi connectivity index (χ2v) is 5.84. The Labute approximate surface area is 130 Å². The van der Waals surface area contributed by atoms with Crippen molar-refractivity contribution in [2.24, 2.45) is 7.05 Å². The Balaban J connectivity index is 1.78. The van der Waals surface area contributed by atoms with E-state index in [1.54, 1.807) is 7.11 Å². The van der Waals surface area contributed by atoms with Crippen LogP contribution in [0.2, 0.25) is 0 Å². The van der Waals surface area contributed by atoms with E-state index in [2.05, 4.69) is 52.9 Å². The monoisotopic (exact) mass is 292 g/mol. The first kappa shape index (κ1) is 13.3. The summed E-state index contributed by atoms with van der Waals surface area (Å²) in [4.78, 5) is 2.42.